The van der Waals surface area contributed by atoms with Gasteiger partial charge in [0.15, 0.2) is 11.6 Å². The van der Waals surface area contributed by atoms with Crippen LogP contribution in [-0.4, -0.2) is 19.7 Å². The molecule has 0 saturated heterocycles. The topological polar surface area (TPSA) is 46.5 Å². The lowest BCUT2D eigenvalue weighted by molar-refractivity contribution is 0.510. The summed E-state index contributed by atoms with van der Waals surface area (Å²) in [5.41, 5.74) is 0.886. The number of hydrogen-bond acceptors (Lipinski definition) is 2. The zero-order chi connectivity index (χ0) is 11.8. The molecule has 3 aromatic rings. The van der Waals surface area contributed by atoms with Gasteiger partial charge in [0.2, 0.25) is 0 Å². The van der Waals surface area contributed by atoms with Crippen LogP contribution in [0.15, 0.2) is 30.6 Å². The number of aromatic nitrogens is 4. The number of rotatable bonds is 2. The van der Waals surface area contributed by atoms with Gasteiger partial charge in [0.05, 0.1) is 17.6 Å². The molecule has 3 rings (SSSR count). The molecule has 0 aliphatic heterocycles. The minimum atomic E-state index is -0.894. The first-order valence-corrected chi connectivity index (χ1v) is 5.03. The number of halogens is 2. The fourth-order valence-electron chi connectivity index (χ4n) is 1.68. The van der Waals surface area contributed by atoms with Gasteiger partial charge in [-0.05, 0) is 6.07 Å². The summed E-state index contributed by atoms with van der Waals surface area (Å²) < 4.78 is 27.7. The molecule has 1 aromatic carbocycles. The first-order chi connectivity index (χ1) is 8.22. The van der Waals surface area contributed by atoms with E-state index in [2.05, 4.69) is 15.1 Å². The summed E-state index contributed by atoms with van der Waals surface area (Å²) in [6, 6.07) is 3.97. The second-order valence-corrected chi connectivity index (χ2v) is 3.67. The van der Waals surface area contributed by atoms with E-state index in [1.165, 1.54) is 0 Å². The smallest absolute Gasteiger partial charge is 0.161 e. The van der Waals surface area contributed by atoms with Crippen molar-refractivity contribution in [3.63, 3.8) is 0 Å². The van der Waals surface area contributed by atoms with E-state index >= 15 is 0 Å². The molecular formula is C11H8F2N4. The number of benzene rings is 1. The summed E-state index contributed by atoms with van der Waals surface area (Å²) in [6.07, 6.45) is 3.44. The molecule has 0 unspecified atom stereocenters. The van der Waals surface area contributed by atoms with Crippen LogP contribution in [-0.2, 0) is 6.54 Å². The van der Waals surface area contributed by atoms with Crippen LogP contribution in [0.4, 0.5) is 8.78 Å². The molecule has 6 heteroatoms. The largest absolute Gasteiger partial charge is 0.340 e. The van der Waals surface area contributed by atoms with E-state index < -0.39 is 11.6 Å². The molecular weight excluding hydrogens is 226 g/mol. The predicted octanol–water partition coefficient (Wildman–Crippen LogP) is 2.09. The quantitative estimate of drug-likeness (QED) is 0.738. The Kier molecular flexibility index (Phi) is 2.14. The lowest BCUT2D eigenvalue weighted by Crippen LogP contribution is -2.01. The third kappa shape index (κ3) is 1.77. The number of nitrogens with zero attached hydrogens (tertiary/aromatic N) is 3. The van der Waals surface area contributed by atoms with Crippen molar-refractivity contribution >= 4 is 11.0 Å². The van der Waals surface area contributed by atoms with Gasteiger partial charge in [0, 0.05) is 24.5 Å². The molecule has 0 bridgehead atoms. The van der Waals surface area contributed by atoms with Gasteiger partial charge < -0.3 is 4.98 Å². The Morgan fingerprint density at radius 1 is 1.24 bits per heavy atom. The van der Waals surface area contributed by atoms with Crippen LogP contribution in [0.3, 0.4) is 0 Å². The summed E-state index contributed by atoms with van der Waals surface area (Å²) in [4.78, 5) is 7.09. The van der Waals surface area contributed by atoms with Crippen molar-refractivity contribution in [1.82, 2.24) is 19.7 Å². The highest BCUT2D eigenvalue weighted by molar-refractivity contribution is 5.75. The summed E-state index contributed by atoms with van der Waals surface area (Å²) in [7, 11) is 0. The van der Waals surface area contributed by atoms with Crippen LogP contribution in [0.25, 0.3) is 11.0 Å². The Bertz CT molecular complexity index is 618. The number of fused-ring (bicyclic) bond motifs is 1. The average Bonchev–Trinajstić information content (AvgIpc) is 2.89. The maximum atomic E-state index is 13.0. The SMILES string of the molecule is Fc1cc2nc(Cn3cccn3)[nH]c2cc1F. The molecule has 0 spiro atoms. The molecule has 0 aliphatic carbocycles. The minimum Gasteiger partial charge on any atom is -0.340 e. The Morgan fingerprint density at radius 3 is 2.82 bits per heavy atom. The molecule has 0 fully saturated rings. The van der Waals surface area contributed by atoms with Gasteiger partial charge in [-0.1, -0.05) is 0 Å². The molecule has 0 aliphatic rings. The van der Waals surface area contributed by atoms with E-state index in [1.54, 1.807) is 23.1 Å². The number of imidazole rings is 1. The van der Waals surface area contributed by atoms with E-state index in [0.717, 1.165) is 12.1 Å². The number of aromatic amines is 1. The standard InChI is InChI=1S/C11H8F2N4/c12-7-4-9-10(5-8(7)13)16-11(15-9)6-17-3-1-2-14-17/h1-5H,6H2,(H,15,16). The molecule has 0 atom stereocenters. The average molecular weight is 234 g/mol. The van der Waals surface area contributed by atoms with Crippen molar-refractivity contribution in [2.45, 2.75) is 6.54 Å². The molecule has 0 amide bonds. The summed E-state index contributed by atoms with van der Waals surface area (Å²) in [5.74, 6) is -1.17. The number of nitrogens with one attached hydrogen (secondary N) is 1. The van der Waals surface area contributed by atoms with E-state index in [0.29, 0.717) is 23.4 Å². The third-order valence-corrected chi connectivity index (χ3v) is 2.44. The lowest BCUT2D eigenvalue weighted by Gasteiger charge is -1.95. The second kappa shape index (κ2) is 3.65. The Balaban J connectivity index is 2.02. The van der Waals surface area contributed by atoms with E-state index in [4.69, 9.17) is 0 Å². The highest BCUT2D eigenvalue weighted by atomic mass is 19.2. The predicted molar refractivity (Wildman–Crippen MR) is 57.3 cm³/mol. The monoisotopic (exact) mass is 234 g/mol. The van der Waals surface area contributed by atoms with Crippen LogP contribution < -0.4 is 0 Å². The maximum absolute atomic E-state index is 13.0. The van der Waals surface area contributed by atoms with Crippen molar-refractivity contribution in [1.29, 1.82) is 0 Å². The van der Waals surface area contributed by atoms with Gasteiger partial charge in [-0.25, -0.2) is 13.8 Å². The molecule has 86 valence electrons. The van der Waals surface area contributed by atoms with Crippen molar-refractivity contribution in [3.8, 4) is 0 Å². The van der Waals surface area contributed by atoms with Crippen LogP contribution in [0, 0.1) is 11.6 Å². The summed E-state index contributed by atoms with van der Waals surface area (Å²) >= 11 is 0. The fourth-order valence-corrected chi connectivity index (χ4v) is 1.68. The molecule has 0 saturated carbocycles. The Morgan fingerprint density at radius 2 is 2.06 bits per heavy atom. The zero-order valence-corrected chi connectivity index (χ0v) is 8.69. The van der Waals surface area contributed by atoms with Gasteiger partial charge in [0.1, 0.15) is 5.82 Å². The van der Waals surface area contributed by atoms with Crippen LogP contribution in [0.2, 0.25) is 0 Å². The number of hydrogen-bond donors (Lipinski definition) is 1. The molecule has 2 aromatic heterocycles. The van der Waals surface area contributed by atoms with Crippen molar-refractivity contribution < 1.29 is 8.78 Å². The highest BCUT2D eigenvalue weighted by Gasteiger charge is 2.08. The van der Waals surface area contributed by atoms with Gasteiger partial charge >= 0.3 is 0 Å². The first kappa shape index (κ1) is 9.95. The van der Waals surface area contributed by atoms with Crippen LogP contribution >= 0.6 is 0 Å². The number of H-pyrrole nitrogens is 1. The molecule has 17 heavy (non-hydrogen) atoms. The molecule has 4 nitrogen and oxygen atoms in total. The van der Waals surface area contributed by atoms with Crippen LogP contribution in [0.1, 0.15) is 5.82 Å². The van der Waals surface area contributed by atoms with Gasteiger partial charge in [-0.3, -0.25) is 4.68 Å². The van der Waals surface area contributed by atoms with E-state index in [1.807, 2.05) is 0 Å². The Labute approximate surface area is 94.9 Å². The minimum absolute atomic E-state index is 0.408. The fraction of sp³-hybridized carbons (Fsp3) is 0.0909. The van der Waals surface area contributed by atoms with Crippen molar-refractivity contribution in [2.24, 2.45) is 0 Å². The van der Waals surface area contributed by atoms with Crippen LogP contribution in [0.5, 0.6) is 0 Å². The molecule has 1 N–H and O–H groups in total. The zero-order valence-electron chi connectivity index (χ0n) is 8.69. The van der Waals surface area contributed by atoms with Crippen molar-refractivity contribution in [3.05, 3.63) is 48.1 Å². The third-order valence-electron chi connectivity index (χ3n) is 2.44. The van der Waals surface area contributed by atoms with Gasteiger partial charge in [-0.15, -0.1) is 0 Å². The normalized spacial score (nSPS) is 11.2. The van der Waals surface area contributed by atoms with Gasteiger partial charge in [0.25, 0.3) is 0 Å². The van der Waals surface area contributed by atoms with Gasteiger partial charge in [-0.2, -0.15) is 5.10 Å². The Hall–Kier alpha value is -2.24. The molecule has 0 radical (unpaired) electrons. The second-order valence-electron chi connectivity index (χ2n) is 3.67. The first-order valence-electron chi connectivity index (χ1n) is 5.03. The van der Waals surface area contributed by atoms with Crippen molar-refractivity contribution in [2.75, 3.05) is 0 Å². The lowest BCUT2D eigenvalue weighted by atomic mass is 10.3. The maximum Gasteiger partial charge on any atom is 0.161 e. The molecule has 2 heterocycles. The highest BCUT2D eigenvalue weighted by Crippen LogP contribution is 2.16. The summed E-state index contributed by atoms with van der Waals surface area (Å²) in [5, 5.41) is 4.03. The van der Waals surface area contributed by atoms with E-state index in [-0.39, 0.29) is 0 Å². The summed E-state index contributed by atoms with van der Waals surface area (Å²) in [6.45, 7) is 0.435. The van der Waals surface area contributed by atoms with E-state index in [9.17, 15) is 8.78 Å².